The predicted molar refractivity (Wildman–Crippen MR) is 57.6 cm³/mol. The second-order valence-electron chi connectivity index (χ2n) is 3.60. The van der Waals surface area contributed by atoms with Gasteiger partial charge in [-0.25, -0.2) is 4.39 Å². The van der Waals surface area contributed by atoms with Crippen molar-refractivity contribution < 1.29 is 4.39 Å². The zero-order valence-electron chi connectivity index (χ0n) is 8.83. The molecule has 0 aliphatic rings. The molecule has 0 unspecified atom stereocenters. The predicted octanol–water partition coefficient (Wildman–Crippen LogP) is 2.89. The molecule has 0 radical (unpaired) electrons. The molecule has 1 rings (SSSR count). The average molecular weight is 206 g/mol. The van der Waals surface area contributed by atoms with Gasteiger partial charge in [0.2, 0.25) is 0 Å². The van der Waals surface area contributed by atoms with E-state index in [1.807, 2.05) is 6.07 Å². The summed E-state index contributed by atoms with van der Waals surface area (Å²) in [5.41, 5.74) is 6.83. The minimum Gasteiger partial charge on any atom is -0.324 e. The molecule has 1 atom stereocenters. The standard InChI is InChI=1S/C12H15FN2/c1-2-3-4-12(15)9-5-6-11(13)10(7-9)8-14/h5-7,12H,2-4,15H2,1H3/t12-/m1/s1. The lowest BCUT2D eigenvalue weighted by atomic mass is 10.00. The van der Waals surface area contributed by atoms with Crippen molar-refractivity contribution >= 4 is 0 Å². The third kappa shape index (κ3) is 3.03. The van der Waals surface area contributed by atoms with Crippen LogP contribution in [0.2, 0.25) is 0 Å². The van der Waals surface area contributed by atoms with Gasteiger partial charge in [-0.2, -0.15) is 5.26 Å². The Bertz CT molecular complexity index is 368. The van der Waals surface area contributed by atoms with E-state index in [-0.39, 0.29) is 11.6 Å². The van der Waals surface area contributed by atoms with Gasteiger partial charge in [0.05, 0.1) is 5.56 Å². The molecule has 2 N–H and O–H groups in total. The zero-order valence-corrected chi connectivity index (χ0v) is 8.83. The third-order valence-electron chi connectivity index (χ3n) is 2.41. The highest BCUT2D eigenvalue weighted by atomic mass is 19.1. The third-order valence-corrected chi connectivity index (χ3v) is 2.41. The zero-order chi connectivity index (χ0) is 11.3. The van der Waals surface area contributed by atoms with Gasteiger partial charge in [-0.3, -0.25) is 0 Å². The smallest absolute Gasteiger partial charge is 0.140 e. The van der Waals surface area contributed by atoms with Gasteiger partial charge in [0, 0.05) is 6.04 Å². The molecule has 80 valence electrons. The van der Waals surface area contributed by atoms with Crippen molar-refractivity contribution in [2.75, 3.05) is 0 Å². The first-order valence-electron chi connectivity index (χ1n) is 5.14. The molecule has 1 aromatic rings. The number of nitrogens with two attached hydrogens (primary N) is 1. The normalized spacial score (nSPS) is 12.1. The second kappa shape index (κ2) is 5.47. The molecule has 0 amide bonds. The lowest BCUT2D eigenvalue weighted by Gasteiger charge is -2.11. The van der Waals surface area contributed by atoms with Gasteiger partial charge in [0.15, 0.2) is 0 Å². The van der Waals surface area contributed by atoms with Gasteiger partial charge in [-0.1, -0.05) is 25.8 Å². The van der Waals surface area contributed by atoms with Crippen LogP contribution in [0.4, 0.5) is 4.39 Å². The van der Waals surface area contributed by atoms with Gasteiger partial charge in [0.25, 0.3) is 0 Å². The molecule has 0 bridgehead atoms. The number of nitriles is 1. The summed E-state index contributed by atoms with van der Waals surface area (Å²) < 4.78 is 13.0. The maximum absolute atomic E-state index is 13.0. The Balaban J connectivity index is 2.82. The fourth-order valence-electron chi connectivity index (χ4n) is 1.45. The van der Waals surface area contributed by atoms with Crippen molar-refractivity contribution in [3.63, 3.8) is 0 Å². The molecule has 0 fully saturated rings. The number of halogens is 1. The van der Waals surface area contributed by atoms with Gasteiger partial charge >= 0.3 is 0 Å². The van der Waals surface area contributed by atoms with Crippen LogP contribution in [0.15, 0.2) is 18.2 Å². The maximum Gasteiger partial charge on any atom is 0.140 e. The molecule has 0 spiro atoms. The van der Waals surface area contributed by atoms with E-state index in [9.17, 15) is 4.39 Å². The van der Waals surface area contributed by atoms with E-state index in [0.717, 1.165) is 24.8 Å². The number of benzene rings is 1. The first kappa shape index (κ1) is 11.7. The molecular weight excluding hydrogens is 191 g/mol. The van der Waals surface area contributed by atoms with Crippen molar-refractivity contribution in [3.05, 3.63) is 35.1 Å². The van der Waals surface area contributed by atoms with Gasteiger partial charge in [-0.05, 0) is 24.1 Å². The molecule has 2 nitrogen and oxygen atoms in total. The molecule has 3 heteroatoms. The van der Waals surface area contributed by atoms with Crippen molar-refractivity contribution in [1.82, 2.24) is 0 Å². The number of hydrogen-bond donors (Lipinski definition) is 1. The highest BCUT2D eigenvalue weighted by Gasteiger charge is 2.08. The Morgan fingerprint density at radius 1 is 1.53 bits per heavy atom. The number of hydrogen-bond acceptors (Lipinski definition) is 2. The van der Waals surface area contributed by atoms with E-state index in [0.29, 0.717) is 0 Å². The highest BCUT2D eigenvalue weighted by Crippen LogP contribution is 2.19. The minimum absolute atomic E-state index is 0.0689. The first-order valence-corrected chi connectivity index (χ1v) is 5.14. The maximum atomic E-state index is 13.0. The molecule has 0 aromatic heterocycles. The molecular formula is C12H15FN2. The Kier molecular flexibility index (Phi) is 4.26. The molecule has 0 aliphatic heterocycles. The van der Waals surface area contributed by atoms with Gasteiger partial charge in [0.1, 0.15) is 11.9 Å². The monoisotopic (exact) mass is 206 g/mol. The van der Waals surface area contributed by atoms with Crippen LogP contribution in [-0.2, 0) is 0 Å². The molecule has 0 heterocycles. The van der Waals surface area contributed by atoms with Crippen LogP contribution in [0.5, 0.6) is 0 Å². The van der Waals surface area contributed by atoms with Crippen molar-refractivity contribution in [1.29, 1.82) is 5.26 Å². The van der Waals surface area contributed by atoms with E-state index in [1.54, 1.807) is 6.07 Å². The molecule has 15 heavy (non-hydrogen) atoms. The van der Waals surface area contributed by atoms with Crippen LogP contribution in [0.25, 0.3) is 0 Å². The first-order chi connectivity index (χ1) is 7.19. The fourth-order valence-corrected chi connectivity index (χ4v) is 1.45. The molecule has 0 saturated heterocycles. The lowest BCUT2D eigenvalue weighted by molar-refractivity contribution is 0.595. The van der Waals surface area contributed by atoms with E-state index in [4.69, 9.17) is 11.0 Å². The minimum atomic E-state index is -0.482. The van der Waals surface area contributed by atoms with E-state index in [1.165, 1.54) is 12.1 Å². The molecule has 0 aliphatic carbocycles. The van der Waals surface area contributed by atoms with Crippen LogP contribution in [0, 0.1) is 17.1 Å². The summed E-state index contributed by atoms with van der Waals surface area (Å²) in [6.07, 6.45) is 2.99. The van der Waals surface area contributed by atoms with Crippen LogP contribution >= 0.6 is 0 Å². The Labute approximate surface area is 89.5 Å². The number of rotatable bonds is 4. The summed E-state index contributed by atoms with van der Waals surface area (Å²) in [6.45, 7) is 2.10. The Morgan fingerprint density at radius 2 is 2.27 bits per heavy atom. The van der Waals surface area contributed by atoms with Gasteiger partial charge < -0.3 is 5.73 Å². The summed E-state index contributed by atoms with van der Waals surface area (Å²) in [6, 6.07) is 6.21. The van der Waals surface area contributed by atoms with Crippen LogP contribution in [-0.4, -0.2) is 0 Å². The Hall–Kier alpha value is -1.40. The SMILES string of the molecule is CCCC[C@@H](N)c1ccc(F)c(C#N)c1. The summed E-state index contributed by atoms with van der Waals surface area (Å²) in [5.74, 6) is -0.482. The number of unbranched alkanes of at least 4 members (excludes halogenated alkanes) is 1. The van der Waals surface area contributed by atoms with E-state index >= 15 is 0 Å². The van der Waals surface area contributed by atoms with E-state index < -0.39 is 5.82 Å². The Morgan fingerprint density at radius 3 is 2.87 bits per heavy atom. The second-order valence-corrected chi connectivity index (χ2v) is 3.60. The number of nitrogens with zero attached hydrogens (tertiary/aromatic N) is 1. The largest absolute Gasteiger partial charge is 0.324 e. The molecule has 0 saturated carbocycles. The van der Waals surface area contributed by atoms with Crippen molar-refractivity contribution in [2.24, 2.45) is 5.73 Å². The quantitative estimate of drug-likeness (QED) is 0.823. The highest BCUT2D eigenvalue weighted by molar-refractivity contribution is 5.35. The average Bonchev–Trinajstić information content (AvgIpc) is 2.26. The van der Waals surface area contributed by atoms with Gasteiger partial charge in [-0.15, -0.1) is 0 Å². The van der Waals surface area contributed by atoms with Crippen molar-refractivity contribution in [2.45, 2.75) is 32.2 Å². The topological polar surface area (TPSA) is 49.8 Å². The fraction of sp³-hybridized carbons (Fsp3) is 0.417. The lowest BCUT2D eigenvalue weighted by Crippen LogP contribution is -2.10. The van der Waals surface area contributed by atoms with E-state index in [2.05, 4.69) is 6.92 Å². The summed E-state index contributed by atoms with van der Waals surface area (Å²) in [7, 11) is 0. The summed E-state index contributed by atoms with van der Waals surface area (Å²) in [5, 5.41) is 8.67. The van der Waals surface area contributed by atoms with Crippen LogP contribution < -0.4 is 5.73 Å². The van der Waals surface area contributed by atoms with Crippen LogP contribution in [0.1, 0.15) is 43.4 Å². The molecule has 1 aromatic carbocycles. The van der Waals surface area contributed by atoms with Crippen molar-refractivity contribution in [3.8, 4) is 6.07 Å². The summed E-state index contributed by atoms with van der Waals surface area (Å²) in [4.78, 5) is 0. The summed E-state index contributed by atoms with van der Waals surface area (Å²) >= 11 is 0. The van der Waals surface area contributed by atoms with Crippen LogP contribution in [0.3, 0.4) is 0 Å².